The maximum Gasteiger partial charge on any atom is 0.161 e. The second-order valence-corrected chi connectivity index (χ2v) is 12.2. The van der Waals surface area contributed by atoms with E-state index >= 15 is 0 Å². The highest BCUT2D eigenvalue weighted by Gasteiger charge is 2.13. The Morgan fingerprint density at radius 2 is 0.860 bits per heavy atom. The van der Waals surface area contributed by atoms with Gasteiger partial charge in [-0.05, 0) is 48.5 Å². The minimum atomic E-state index is -0.683. The molecule has 7 rings (SSSR count). The highest BCUT2D eigenvalue weighted by molar-refractivity contribution is 6.11. The standard InChI is InChI=1S/C40H42N4O6/c45-27(25-49-37-17-7-13-33-39(37)29-9-1-3-11-31(29)43-33)23-41-19-21-47-35-15-5-6-16-36(35)48-22-20-42-24-28(46)26-50-38-18-8-14-34-40(38)30-10-2-4-12-32(30)44-34/h1-18,27-28,41-46H,19-26H2/t27-,28-/m1/s1. The van der Waals surface area contributed by atoms with Crippen molar-refractivity contribution >= 4 is 43.6 Å². The predicted molar refractivity (Wildman–Crippen MR) is 198 cm³/mol. The van der Waals surface area contributed by atoms with Crippen molar-refractivity contribution < 1.29 is 29.2 Å². The second kappa shape index (κ2) is 16.0. The number of nitrogens with one attached hydrogen (secondary N) is 4. The quantitative estimate of drug-likeness (QED) is 0.0633. The first-order chi connectivity index (χ1) is 24.6. The largest absolute Gasteiger partial charge is 0.490 e. The fourth-order valence-electron chi connectivity index (χ4n) is 6.16. The highest BCUT2D eigenvalue weighted by atomic mass is 16.5. The van der Waals surface area contributed by atoms with Crippen LogP contribution in [-0.2, 0) is 0 Å². The molecule has 0 aliphatic heterocycles. The van der Waals surface area contributed by atoms with Gasteiger partial charge in [0.25, 0.3) is 0 Å². The third-order valence-corrected chi connectivity index (χ3v) is 8.53. The molecule has 258 valence electrons. The maximum atomic E-state index is 10.5. The lowest BCUT2D eigenvalue weighted by atomic mass is 10.1. The summed E-state index contributed by atoms with van der Waals surface area (Å²) in [6.07, 6.45) is -1.37. The molecule has 10 nitrogen and oxygen atoms in total. The average molecular weight is 675 g/mol. The summed E-state index contributed by atoms with van der Waals surface area (Å²) in [5, 5.41) is 31.8. The van der Waals surface area contributed by atoms with E-state index in [0.717, 1.165) is 55.1 Å². The number of ether oxygens (including phenoxy) is 4. The Bertz CT molecular complexity index is 2010. The number of hydrogen-bond acceptors (Lipinski definition) is 8. The molecule has 0 unspecified atom stereocenters. The van der Waals surface area contributed by atoms with Crippen molar-refractivity contribution in [2.45, 2.75) is 12.2 Å². The van der Waals surface area contributed by atoms with Crippen LogP contribution in [0, 0.1) is 0 Å². The minimum absolute atomic E-state index is 0.169. The average Bonchev–Trinajstić information content (AvgIpc) is 3.72. The van der Waals surface area contributed by atoms with Crippen LogP contribution in [0.15, 0.2) is 109 Å². The Hall–Kier alpha value is -5.26. The van der Waals surface area contributed by atoms with Crippen LogP contribution in [0.4, 0.5) is 0 Å². The molecule has 50 heavy (non-hydrogen) atoms. The van der Waals surface area contributed by atoms with Gasteiger partial charge < -0.3 is 49.8 Å². The number of rotatable bonds is 18. The molecule has 0 fully saturated rings. The van der Waals surface area contributed by atoms with E-state index in [2.05, 4.69) is 32.7 Å². The van der Waals surface area contributed by atoms with Gasteiger partial charge >= 0.3 is 0 Å². The van der Waals surface area contributed by atoms with Gasteiger partial charge in [-0.25, -0.2) is 0 Å². The lowest BCUT2D eigenvalue weighted by Gasteiger charge is -2.16. The number of H-pyrrole nitrogens is 2. The van der Waals surface area contributed by atoms with Crippen molar-refractivity contribution in [2.75, 3.05) is 52.6 Å². The number of aliphatic hydroxyl groups excluding tert-OH is 2. The summed E-state index contributed by atoms with van der Waals surface area (Å²) in [5.41, 5.74) is 4.12. The first kappa shape index (κ1) is 33.2. The van der Waals surface area contributed by atoms with Crippen molar-refractivity contribution in [1.82, 2.24) is 20.6 Å². The number of benzene rings is 5. The van der Waals surface area contributed by atoms with Gasteiger partial charge in [0.05, 0.1) is 11.0 Å². The maximum absolute atomic E-state index is 10.5. The van der Waals surface area contributed by atoms with Gasteiger partial charge in [0.15, 0.2) is 11.5 Å². The van der Waals surface area contributed by atoms with Gasteiger partial charge in [-0.2, -0.15) is 0 Å². The smallest absolute Gasteiger partial charge is 0.161 e. The first-order valence-electron chi connectivity index (χ1n) is 17.0. The van der Waals surface area contributed by atoms with E-state index in [-0.39, 0.29) is 13.2 Å². The Morgan fingerprint density at radius 3 is 1.34 bits per heavy atom. The van der Waals surface area contributed by atoms with E-state index < -0.39 is 12.2 Å². The molecule has 5 aromatic carbocycles. The molecule has 2 heterocycles. The second-order valence-electron chi connectivity index (χ2n) is 12.2. The molecule has 0 amide bonds. The van der Waals surface area contributed by atoms with Crippen molar-refractivity contribution in [2.24, 2.45) is 0 Å². The monoisotopic (exact) mass is 674 g/mol. The van der Waals surface area contributed by atoms with Crippen molar-refractivity contribution in [3.8, 4) is 23.0 Å². The summed E-state index contributed by atoms with van der Waals surface area (Å²) in [5.74, 6) is 2.78. The van der Waals surface area contributed by atoms with E-state index in [1.165, 1.54) is 0 Å². The topological polar surface area (TPSA) is 133 Å². The molecular weight excluding hydrogens is 632 g/mol. The molecule has 7 aromatic rings. The van der Waals surface area contributed by atoms with E-state index in [9.17, 15) is 10.2 Å². The number of aliphatic hydroxyl groups is 2. The number of para-hydroxylation sites is 4. The summed E-state index contributed by atoms with van der Waals surface area (Å²) in [7, 11) is 0. The molecule has 0 bridgehead atoms. The number of aromatic nitrogens is 2. The Morgan fingerprint density at radius 1 is 0.460 bits per heavy atom. The van der Waals surface area contributed by atoms with Crippen LogP contribution in [0.5, 0.6) is 23.0 Å². The lowest BCUT2D eigenvalue weighted by Crippen LogP contribution is -2.34. The Balaban J connectivity index is 0.788. The molecule has 6 N–H and O–H groups in total. The Labute approximate surface area is 289 Å². The predicted octanol–water partition coefficient (Wildman–Crippen LogP) is 5.77. The van der Waals surface area contributed by atoms with Gasteiger partial charge in [0, 0.05) is 58.8 Å². The van der Waals surface area contributed by atoms with E-state index in [1.54, 1.807) is 0 Å². The van der Waals surface area contributed by atoms with Gasteiger partial charge in [0.2, 0.25) is 0 Å². The van der Waals surface area contributed by atoms with Crippen molar-refractivity contribution in [3.05, 3.63) is 109 Å². The molecule has 2 atom stereocenters. The number of hydrogen-bond donors (Lipinski definition) is 6. The van der Waals surface area contributed by atoms with Gasteiger partial charge in [0.1, 0.15) is 50.1 Å². The number of fused-ring (bicyclic) bond motifs is 6. The molecule has 2 aromatic heterocycles. The van der Waals surface area contributed by atoms with Crippen molar-refractivity contribution in [1.29, 1.82) is 0 Å². The fourth-order valence-corrected chi connectivity index (χ4v) is 6.16. The van der Waals surface area contributed by atoms with Crippen LogP contribution in [0.25, 0.3) is 43.6 Å². The molecule has 0 radical (unpaired) electrons. The van der Waals surface area contributed by atoms with Crippen LogP contribution in [0.3, 0.4) is 0 Å². The molecule has 0 aliphatic rings. The third-order valence-electron chi connectivity index (χ3n) is 8.53. The summed E-state index contributed by atoms with van der Waals surface area (Å²) in [6.45, 7) is 2.96. The molecule has 0 aliphatic carbocycles. The van der Waals surface area contributed by atoms with Crippen LogP contribution in [-0.4, -0.2) is 85.0 Å². The lowest BCUT2D eigenvalue weighted by molar-refractivity contribution is 0.106. The zero-order valence-corrected chi connectivity index (χ0v) is 27.7. The van der Waals surface area contributed by atoms with Gasteiger partial charge in [-0.15, -0.1) is 0 Å². The summed E-state index contributed by atoms with van der Waals surface area (Å²) in [4.78, 5) is 6.83. The first-order valence-corrected chi connectivity index (χ1v) is 17.0. The van der Waals surface area contributed by atoms with Crippen molar-refractivity contribution in [3.63, 3.8) is 0 Å². The van der Waals surface area contributed by atoms with Crippen LogP contribution in [0.2, 0.25) is 0 Å². The fraction of sp³-hybridized carbons (Fsp3) is 0.250. The normalized spacial score (nSPS) is 12.8. The molecule has 0 saturated heterocycles. The van der Waals surface area contributed by atoms with Gasteiger partial charge in [-0.3, -0.25) is 0 Å². The summed E-state index contributed by atoms with van der Waals surface area (Å²) in [6, 6.07) is 35.6. The van der Waals surface area contributed by atoms with E-state index in [4.69, 9.17) is 18.9 Å². The highest BCUT2D eigenvalue weighted by Crippen LogP contribution is 2.34. The molecular formula is C40H42N4O6. The summed E-state index contributed by atoms with van der Waals surface area (Å²) >= 11 is 0. The van der Waals surface area contributed by atoms with Crippen LogP contribution in [0.1, 0.15) is 0 Å². The van der Waals surface area contributed by atoms with E-state index in [1.807, 2.05) is 97.1 Å². The Kier molecular flexibility index (Phi) is 10.6. The number of aromatic amines is 2. The zero-order chi connectivity index (χ0) is 34.1. The SMILES string of the molecule is O[C@H](CNCCOc1ccccc1OCCNC[C@@H](O)COc1cccc2[nH]c3ccccc3c12)COc1cccc2[nH]c3ccccc3c12. The molecule has 10 heteroatoms. The van der Waals surface area contributed by atoms with Gasteiger partial charge in [-0.1, -0.05) is 60.7 Å². The van der Waals surface area contributed by atoms with Crippen LogP contribution >= 0.6 is 0 Å². The third kappa shape index (κ3) is 7.79. The van der Waals surface area contributed by atoms with E-state index in [0.29, 0.717) is 50.9 Å². The zero-order valence-electron chi connectivity index (χ0n) is 27.7. The summed E-state index contributed by atoms with van der Waals surface area (Å²) < 4.78 is 24.0. The molecule has 0 spiro atoms. The molecule has 0 saturated carbocycles. The minimum Gasteiger partial charge on any atom is -0.490 e. The van der Waals surface area contributed by atoms with Crippen LogP contribution < -0.4 is 29.6 Å².